The van der Waals surface area contributed by atoms with Crippen LogP contribution >= 0.6 is 24.0 Å². The first-order chi connectivity index (χ1) is 10.7. The van der Waals surface area contributed by atoms with Crippen LogP contribution in [-0.4, -0.2) is 28.1 Å². The fourth-order valence-electron chi connectivity index (χ4n) is 3.25. The number of aromatic nitrogens is 2. The second-order valence-electron chi connectivity index (χ2n) is 6.05. The van der Waals surface area contributed by atoms with Crippen molar-refractivity contribution in [1.82, 2.24) is 14.9 Å². The number of benzene rings is 1. The van der Waals surface area contributed by atoms with Gasteiger partial charge in [0.05, 0.1) is 17.6 Å². The summed E-state index contributed by atoms with van der Waals surface area (Å²) in [5.41, 5.74) is 8.21. The van der Waals surface area contributed by atoms with Gasteiger partial charge in [0, 0.05) is 12.6 Å². The second kappa shape index (κ2) is 8.52. The molecule has 0 atom stereocenters. The fraction of sp³-hybridized carbons (Fsp3) is 0.529. The first-order valence-electron chi connectivity index (χ1n) is 8.22. The predicted octanol–water partition coefficient (Wildman–Crippen LogP) is 3.20. The summed E-state index contributed by atoms with van der Waals surface area (Å²) in [6, 6.07) is 8.71. The Bertz CT molecular complexity index is 658. The first-order valence-corrected chi connectivity index (χ1v) is 8.22. The van der Waals surface area contributed by atoms with Gasteiger partial charge in [0.15, 0.2) is 5.96 Å². The van der Waals surface area contributed by atoms with Crippen molar-refractivity contribution in [2.45, 2.75) is 51.6 Å². The molecule has 0 saturated heterocycles. The Morgan fingerprint density at radius 2 is 2.04 bits per heavy atom. The quantitative estimate of drug-likeness (QED) is 0.448. The fourth-order valence-corrected chi connectivity index (χ4v) is 3.25. The highest BCUT2D eigenvalue weighted by molar-refractivity contribution is 14.0. The number of nitrogens with zero attached hydrogens (tertiary/aromatic N) is 3. The van der Waals surface area contributed by atoms with Gasteiger partial charge in [-0.05, 0) is 31.9 Å². The summed E-state index contributed by atoms with van der Waals surface area (Å²) in [5.74, 6) is 1.60. The number of halogens is 1. The minimum atomic E-state index is 0. The van der Waals surface area contributed by atoms with E-state index >= 15 is 0 Å². The molecule has 3 N–H and O–H groups in total. The van der Waals surface area contributed by atoms with Gasteiger partial charge in [-0.25, -0.2) is 4.98 Å². The number of hydrogen-bond donors (Lipinski definition) is 2. The number of para-hydroxylation sites is 2. The molecule has 0 amide bonds. The monoisotopic (exact) mass is 427 g/mol. The number of rotatable bonds is 4. The van der Waals surface area contributed by atoms with Crippen molar-refractivity contribution in [3.8, 4) is 0 Å². The Labute approximate surface area is 154 Å². The lowest BCUT2D eigenvalue weighted by Crippen LogP contribution is -2.41. The third-order valence-corrected chi connectivity index (χ3v) is 4.41. The third-order valence-electron chi connectivity index (χ3n) is 4.41. The molecule has 1 aromatic heterocycles. The molecule has 1 fully saturated rings. The zero-order valence-electron chi connectivity index (χ0n) is 13.7. The van der Waals surface area contributed by atoms with Crippen molar-refractivity contribution < 1.29 is 0 Å². The van der Waals surface area contributed by atoms with Crippen LogP contribution in [0.4, 0.5) is 0 Å². The van der Waals surface area contributed by atoms with E-state index in [2.05, 4.69) is 25.9 Å². The summed E-state index contributed by atoms with van der Waals surface area (Å²) in [5, 5.41) is 3.35. The van der Waals surface area contributed by atoms with Crippen LogP contribution in [0, 0.1) is 6.92 Å². The summed E-state index contributed by atoms with van der Waals surface area (Å²) >= 11 is 0. The minimum Gasteiger partial charge on any atom is -0.370 e. The van der Waals surface area contributed by atoms with Crippen LogP contribution in [0.5, 0.6) is 0 Å². The molecule has 1 aliphatic carbocycles. The SMILES string of the molecule is Cc1nc2ccccc2n1CCN=C(N)NC1CCCCC1.I. The summed E-state index contributed by atoms with van der Waals surface area (Å²) in [6.07, 6.45) is 6.36. The molecule has 0 bridgehead atoms. The number of imidazole rings is 1. The lowest BCUT2D eigenvalue weighted by molar-refractivity contribution is 0.412. The van der Waals surface area contributed by atoms with Crippen LogP contribution < -0.4 is 11.1 Å². The van der Waals surface area contributed by atoms with Crippen LogP contribution in [0.3, 0.4) is 0 Å². The van der Waals surface area contributed by atoms with Crippen molar-refractivity contribution in [1.29, 1.82) is 0 Å². The standard InChI is InChI=1S/C17H25N5.HI/c1-13-20-15-9-5-6-10-16(15)22(13)12-11-19-17(18)21-14-7-3-2-4-8-14;/h5-6,9-10,14H,2-4,7-8,11-12H2,1H3,(H3,18,19,21);1H. The normalized spacial score (nSPS) is 16.3. The van der Waals surface area contributed by atoms with Crippen LogP contribution in [-0.2, 0) is 6.54 Å². The van der Waals surface area contributed by atoms with Gasteiger partial charge in [0.2, 0.25) is 0 Å². The molecular weight excluding hydrogens is 401 g/mol. The maximum atomic E-state index is 6.01. The zero-order chi connectivity index (χ0) is 15.4. The molecule has 0 radical (unpaired) electrons. The van der Waals surface area contributed by atoms with Crippen molar-refractivity contribution in [3.05, 3.63) is 30.1 Å². The van der Waals surface area contributed by atoms with Crippen molar-refractivity contribution in [2.75, 3.05) is 6.54 Å². The number of aryl methyl sites for hydroxylation is 1. The van der Waals surface area contributed by atoms with E-state index in [1.165, 1.54) is 32.1 Å². The van der Waals surface area contributed by atoms with Crippen LogP contribution in [0.2, 0.25) is 0 Å². The summed E-state index contributed by atoms with van der Waals surface area (Å²) in [7, 11) is 0. The molecule has 0 aliphatic heterocycles. The number of nitrogens with one attached hydrogen (secondary N) is 1. The van der Waals surface area contributed by atoms with E-state index < -0.39 is 0 Å². The van der Waals surface area contributed by atoms with Gasteiger partial charge in [-0.3, -0.25) is 4.99 Å². The van der Waals surface area contributed by atoms with E-state index in [1.807, 2.05) is 25.1 Å². The largest absolute Gasteiger partial charge is 0.370 e. The van der Waals surface area contributed by atoms with Gasteiger partial charge in [-0.2, -0.15) is 0 Å². The molecular formula is C17H26IN5. The Kier molecular flexibility index (Phi) is 6.68. The van der Waals surface area contributed by atoms with Gasteiger partial charge in [-0.15, -0.1) is 24.0 Å². The lowest BCUT2D eigenvalue weighted by atomic mass is 9.96. The number of guanidine groups is 1. The Morgan fingerprint density at radius 3 is 2.83 bits per heavy atom. The average Bonchev–Trinajstić information content (AvgIpc) is 2.84. The zero-order valence-corrected chi connectivity index (χ0v) is 16.0. The van der Waals surface area contributed by atoms with Gasteiger partial charge < -0.3 is 15.6 Å². The van der Waals surface area contributed by atoms with E-state index in [4.69, 9.17) is 5.73 Å². The minimum absolute atomic E-state index is 0. The Balaban J connectivity index is 0.00000192. The maximum Gasteiger partial charge on any atom is 0.188 e. The molecule has 1 aromatic carbocycles. The third kappa shape index (κ3) is 4.59. The highest BCUT2D eigenvalue weighted by Gasteiger charge is 2.13. The predicted molar refractivity (Wildman–Crippen MR) is 106 cm³/mol. The van der Waals surface area contributed by atoms with E-state index in [9.17, 15) is 0 Å². The van der Waals surface area contributed by atoms with Crippen molar-refractivity contribution >= 4 is 41.0 Å². The molecule has 2 aromatic rings. The molecule has 0 spiro atoms. The molecule has 23 heavy (non-hydrogen) atoms. The molecule has 6 heteroatoms. The van der Waals surface area contributed by atoms with Gasteiger partial charge in [0.1, 0.15) is 5.82 Å². The number of hydrogen-bond acceptors (Lipinski definition) is 2. The van der Waals surface area contributed by atoms with Gasteiger partial charge in [0.25, 0.3) is 0 Å². The lowest BCUT2D eigenvalue weighted by Gasteiger charge is -2.23. The molecule has 5 nitrogen and oxygen atoms in total. The smallest absolute Gasteiger partial charge is 0.188 e. The molecule has 0 unspecified atom stereocenters. The van der Waals surface area contributed by atoms with Crippen molar-refractivity contribution in [3.63, 3.8) is 0 Å². The first kappa shape index (κ1) is 18.0. The topological polar surface area (TPSA) is 68.2 Å². The van der Waals surface area contributed by atoms with Crippen molar-refractivity contribution in [2.24, 2.45) is 10.7 Å². The van der Waals surface area contributed by atoms with Gasteiger partial charge in [-0.1, -0.05) is 31.4 Å². The highest BCUT2D eigenvalue weighted by atomic mass is 127. The summed E-state index contributed by atoms with van der Waals surface area (Å²) < 4.78 is 2.20. The Hall–Kier alpha value is -1.31. The van der Waals surface area contributed by atoms with E-state index in [0.717, 1.165) is 23.4 Å². The number of nitrogens with two attached hydrogens (primary N) is 1. The molecule has 3 rings (SSSR count). The number of fused-ring (bicyclic) bond motifs is 1. The van der Waals surface area contributed by atoms with Gasteiger partial charge >= 0.3 is 0 Å². The van der Waals surface area contributed by atoms with E-state index in [-0.39, 0.29) is 24.0 Å². The molecule has 1 heterocycles. The van der Waals surface area contributed by atoms with E-state index in [1.54, 1.807) is 0 Å². The van der Waals surface area contributed by atoms with E-state index in [0.29, 0.717) is 18.5 Å². The van der Waals surface area contributed by atoms with Crippen LogP contribution in [0.15, 0.2) is 29.3 Å². The number of aliphatic imine (C=N–C) groups is 1. The molecule has 1 aliphatic rings. The average molecular weight is 427 g/mol. The Morgan fingerprint density at radius 1 is 1.30 bits per heavy atom. The van der Waals surface area contributed by atoms with Crippen LogP contribution in [0.25, 0.3) is 11.0 Å². The summed E-state index contributed by atoms with van der Waals surface area (Å²) in [4.78, 5) is 9.05. The highest BCUT2D eigenvalue weighted by Crippen LogP contribution is 2.17. The molecule has 1 saturated carbocycles. The summed E-state index contributed by atoms with van der Waals surface area (Å²) in [6.45, 7) is 3.51. The maximum absolute atomic E-state index is 6.01. The molecule has 126 valence electrons. The van der Waals surface area contributed by atoms with Crippen LogP contribution in [0.1, 0.15) is 37.9 Å². The second-order valence-corrected chi connectivity index (χ2v) is 6.05.